The summed E-state index contributed by atoms with van der Waals surface area (Å²) in [6.45, 7) is 3.98. The van der Waals surface area contributed by atoms with Crippen molar-refractivity contribution in [2.75, 3.05) is 19.7 Å². The SMILES string of the molecule is CCO.N#CC1=C(N)C(C#N)(C#N)[C@@H](c2cccc(Br)c2)[C@@H]2CN(Cc3ccccc3)CC=C12. The van der Waals surface area contributed by atoms with Gasteiger partial charge in [0.15, 0.2) is 5.41 Å². The molecule has 4 rings (SSSR count). The Morgan fingerprint density at radius 2 is 1.79 bits per heavy atom. The lowest BCUT2D eigenvalue weighted by molar-refractivity contribution is 0.201. The van der Waals surface area contributed by atoms with Gasteiger partial charge in [-0.25, -0.2) is 0 Å². The van der Waals surface area contributed by atoms with Crippen LogP contribution in [0, 0.1) is 45.3 Å². The van der Waals surface area contributed by atoms with E-state index in [1.807, 2.05) is 48.5 Å². The first-order valence-electron chi connectivity index (χ1n) is 11.0. The van der Waals surface area contributed by atoms with Crippen molar-refractivity contribution in [2.24, 2.45) is 17.1 Å². The van der Waals surface area contributed by atoms with Crippen molar-refractivity contribution >= 4 is 15.9 Å². The molecule has 2 atom stereocenters. The highest BCUT2D eigenvalue weighted by molar-refractivity contribution is 9.10. The summed E-state index contributed by atoms with van der Waals surface area (Å²) >= 11 is 3.51. The van der Waals surface area contributed by atoms with Gasteiger partial charge in [-0.15, -0.1) is 0 Å². The zero-order valence-corrected chi connectivity index (χ0v) is 20.5. The molecule has 1 heterocycles. The van der Waals surface area contributed by atoms with Gasteiger partial charge in [0.05, 0.1) is 23.4 Å². The fourth-order valence-electron chi connectivity index (χ4n) is 4.79. The van der Waals surface area contributed by atoms with E-state index in [4.69, 9.17) is 10.8 Å². The van der Waals surface area contributed by atoms with Gasteiger partial charge in [0, 0.05) is 42.5 Å². The van der Waals surface area contributed by atoms with Crippen LogP contribution in [0.4, 0.5) is 0 Å². The predicted molar refractivity (Wildman–Crippen MR) is 133 cm³/mol. The number of aliphatic hydroxyl groups is 1. The largest absolute Gasteiger partial charge is 0.399 e. The number of hydrogen-bond donors (Lipinski definition) is 2. The van der Waals surface area contributed by atoms with Crippen LogP contribution < -0.4 is 5.73 Å². The van der Waals surface area contributed by atoms with E-state index in [2.05, 4.69) is 51.2 Å². The minimum atomic E-state index is -1.61. The van der Waals surface area contributed by atoms with Crippen LogP contribution >= 0.6 is 15.9 Å². The Morgan fingerprint density at radius 3 is 2.38 bits per heavy atom. The molecule has 3 N–H and O–H groups in total. The van der Waals surface area contributed by atoms with Gasteiger partial charge in [-0.3, -0.25) is 4.90 Å². The molecule has 2 aliphatic rings. The van der Waals surface area contributed by atoms with Gasteiger partial charge in [-0.2, -0.15) is 15.8 Å². The van der Waals surface area contributed by atoms with Crippen LogP contribution in [-0.4, -0.2) is 29.7 Å². The van der Waals surface area contributed by atoms with Crippen molar-refractivity contribution in [3.63, 3.8) is 0 Å². The molecule has 1 aliphatic carbocycles. The summed E-state index contributed by atoms with van der Waals surface area (Å²) in [5, 5.41) is 37.8. The molecule has 172 valence electrons. The fraction of sp³-hybridized carbons (Fsp3) is 0.296. The zero-order chi connectivity index (χ0) is 24.7. The molecular weight excluding hydrogens is 490 g/mol. The summed E-state index contributed by atoms with van der Waals surface area (Å²) in [6, 6.07) is 24.4. The quantitative estimate of drug-likeness (QED) is 0.625. The summed E-state index contributed by atoms with van der Waals surface area (Å²) < 4.78 is 0.867. The molecule has 0 spiro atoms. The number of nitrogens with zero attached hydrogens (tertiary/aromatic N) is 4. The standard InChI is InChI=1S/C25H20BrN5.C2H6O/c26-19-8-4-7-18(11-19)23-22-14-31(13-17-5-2-1-3-6-17)10-9-20(22)21(12-27)24(30)25(23,15-28)16-29;1-2-3/h1-9,11,22-23H,10,13-14,30H2;3H,2H2,1H3/t22-,23+;/m1./s1. The lowest BCUT2D eigenvalue weighted by Gasteiger charge is -2.45. The number of halogens is 1. The minimum Gasteiger partial charge on any atom is -0.399 e. The molecule has 0 unspecified atom stereocenters. The Balaban J connectivity index is 0.00000103. The Morgan fingerprint density at radius 1 is 1.12 bits per heavy atom. The molecule has 2 aromatic rings. The van der Waals surface area contributed by atoms with E-state index >= 15 is 0 Å². The summed E-state index contributed by atoms with van der Waals surface area (Å²) in [5.74, 6) is -0.685. The molecule has 0 amide bonds. The van der Waals surface area contributed by atoms with E-state index in [-0.39, 0.29) is 23.8 Å². The molecule has 7 heteroatoms. The van der Waals surface area contributed by atoms with Gasteiger partial charge in [0.25, 0.3) is 0 Å². The van der Waals surface area contributed by atoms with E-state index in [9.17, 15) is 15.8 Å². The van der Waals surface area contributed by atoms with E-state index in [0.29, 0.717) is 13.1 Å². The van der Waals surface area contributed by atoms with Crippen LogP contribution in [0.3, 0.4) is 0 Å². The maximum atomic E-state index is 10.2. The molecule has 2 aromatic carbocycles. The Hall–Kier alpha value is -3.41. The lowest BCUT2D eigenvalue weighted by atomic mass is 9.58. The molecule has 1 aliphatic heterocycles. The normalized spacial score (nSPS) is 21.0. The van der Waals surface area contributed by atoms with Gasteiger partial charge in [0.1, 0.15) is 6.07 Å². The number of allylic oxidation sites excluding steroid dienone is 2. The molecular formula is C27H26BrN5O. The maximum Gasteiger partial charge on any atom is 0.191 e. The van der Waals surface area contributed by atoms with Crippen molar-refractivity contribution in [1.82, 2.24) is 4.90 Å². The summed E-state index contributed by atoms with van der Waals surface area (Å²) in [6.07, 6.45) is 2.03. The van der Waals surface area contributed by atoms with E-state index in [0.717, 1.165) is 22.2 Å². The number of nitrogens with two attached hydrogens (primary N) is 1. The monoisotopic (exact) mass is 515 g/mol. The topological polar surface area (TPSA) is 121 Å². The summed E-state index contributed by atoms with van der Waals surface area (Å²) in [5.41, 5.74) is 7.99. The van der Waals surface area contributed by atoms with Gasteiger partial charge in [-0.1, -0.05) is 64.5 Å². The zero-order valence-electron chi connectivity index (χ0n) is 18.9. The van der Waals surface area contributed by atoms with Crippen LogP contribution in [0.2, 0.25) is 0 Å². The molecule has 34 heavy (non-hydrogen) atoms. The van der Waals surface area contributed by atoms with Crippen LogP contribution in [0.1, 0.15) is 24.0 Å². The van der Waals surface area contributed by atoms with Crippen molar-refractivity contribution in [3.05, 3.63) is 93.1 Å². The van der Waals surface area contributed by atoms with Gasteiger partial charge >= 0.3 is 0 Å². The maximum absolute atomic E-state index is 10.2. The molecule has 0 radical (unpaired) electrons. The molecule has 0 bridgehead atoms. The molecule has 0 saturated heterocycles. The van der Waals surface area contributed by atoms with Crippen LogP contribution in [0.25, 0.3) is 0 Å². The average molecular weight is 516 g/mol. The van der Waals surface area contributed by atoms with E-state index in [1.165, 1.54) is 5.56 Å². The molecule has 0 saturated carbocycles. The highest BCUT2D eigenvalue weighted by Crippen LogP contribution is 2.54. The third-order valence-corrected chi connectivity index (χ3v) is 6.69. The number of rotatable bonds is 3. The Kier molecular flexibility index (Phi) is 8.26. The third-order valence-electron chi connectivity index (χ3n) is 6.20. The first-order chi connectivity index (χ1) is 16.4. The number of aliphatic hydroxyl groups excluding tert-OH is 1. The first kappa shape index (κ1) is 25.2. The first-order valence-corrected chi connectivity index (χ1v) is 11.8. The third kappa shape index (κ3) is 4.76. The van der Waals surface area contributed by atoms with Crippen LogP contribution in [-0.2, 0) is 6.54 Å². The molecule has 0 aromatic heterocycles. The molecule has 6 nitrogen and oxygen atoms in total. The van der Waals surface area contributed by atoms with Gasteiger partial charge < -0.3 is 10.8 Å². The average Bonchev–Trinajstić information content (AvgIpc) is 2.85. The van der Waals surface area contributed by atoms with Crippen molar-refractivity contribution in [1.29, 1.82) is 15.8 Å². The van der Waals surface area contributed by atoms with Crippen LogP contribution in [0.5, 0.6) is 0 Å². The minimum absolute atomic E-state index is 0.0592. The second-order valence-corrected chi connectivity index (χ2v) is 9.14. The highest BCUT2D eigenvalue weighted by atomic mass is 79.9. The predicted octanol–water partition coefficient (Wildman–Crippen LogP) is 4.37. The second-order valence-electron chi connectivity index (χ2n) is 8.23. The number of hydrogen-bond acceptors (Lipinski definition) is 6. The van der Waals surface area contributed by atoms with Gasteiger partial charge in [0.2, 0.25) is 0 Å². The van der Waals surface area contributed by atoms with Gasteiger partial charge in [-0.05, 0) is 35.8 Å². The summed E-state index contributed by atoms with van der Waals surface area (Å²) in [7, 11) is 0. The van der Waals surface area contributed by atoms with E-state index in [1.54, 1.807) is 6.92 Å². The highest BCUT2D eigenvalue weighted by Gasteiger charge is 2.54. The Labute approximate surface area is 209 Å². The van der Waals surface area contributed by atoms with E-state index < -0.39 is 11.3 Å². The molecule has 0 fully saturated rings. The van der Waals surface area contributed by atoms with Crippen molar-refractivity contribution in [3.8, 4) is 18.2 Å². The Bertz CT molecular complexity index is 1200. The smallest absolute Gasteiger partial charge is 0.191 e. The van der Waals surface area contributed by atoms with Crippen LogP contribution in [0.15, 0.2) is 82.0 Å². The van der Waals surface area contributed by atoms with Crippen molar-refractivity contribution in [2.45, 2.75) is 19.4 Å². The summed E-state index contributed by atoms with van der Waals surface area (Å²) in [4.78, 5) is 2.28. The fourth-order valence-corrected chi connectivity index (χ4v) is 5.20. The number of benzene rings is 2. The van der Waals surface area contributed by atoms with Crippen molar-refractivity contribution < 1.29 is 5.11 Å². The number of nitriles is 3. The number of fused-ring (bicyclic) bond motifs is 1. The second kappa shape index (κ2) is 11.1. The lowest BCUT2D eigenvalue weighted by Crippen LogP contribution is -2.47.